The summed E-state index contributed by atoms with van der Waals surface area (Å²) in [6.07, 6.45) is 17.7. The van der Waals surface area contributed by atoms with Crippen LogP contribution in [-0.4, -0.2) is 13.1 Å². The largest absolute Gasteiger partial charge is 0.313 e. The Hall–Kier alpha value is -0.300. The fourth-order valence-electron chi connectivity index (χ4n) is 2.82. The molecule has 0 radical (unpaired) electrons. The van der Waals surface area contributed by atoms with Gasteiger partial charge < -0.3 is 5.32 Å². The molecule has 17 heavy (non-hydrogen) atoms. The molecule has 1 N–H and O–H groups in total. The van der Waals surface area contributed by atoms with Crippen molar-refractivity contribution in [2.24, 2.45) is 0 Å². The zero-order valence-corrected chi connectivity index (χ0v) is 11.9. The maximum absolute atomic E-state index is 3.52. The molecule has 0 bridgehead atoms. The van der Waals surface area contributed by atoms with Gasteiger partial charge in [0.15, 0.2) is 0 Å². The molecule has 1 aliphatic carbocycles. The fraction of sp³-hybridized carbons (Fsp3) is 0.875. The molecule has 0 saturated carbocycles. The number of nitrogens with one attached hydrogen (secondary N) is 1. The Morgan fingerprint density at radius 3 is 2.71 bits per heavy atom. The molecule has 100 valence electrons. The monoisotopic (exact) mass is 237 g/mol. The minimum atomic E-state index is 0.662. The van der Waals surface area contributed by atoms with E-state index < -0.39 is 0 Å². The van der Waals surface area contributed by atoms with Crippen LogP contribution in [0.2, 0.25) is 0 Å². The first-order chi connectivity index (χ1) is 8.38. The van der Waals surface area contributed by atoms with E-state index in [9.17, 15) is 0 Å². The van der Waals surface area contributed by atoms with E-state index in [-0.39, 0.29) is 0 Å². The third-order valence-electron chi connectivity index (χ3n) is 3.97. The summed E-state index contributed by atoms with van der Waals surface area (Å²) in [4.78, 5) is 0. The SMILES string of the molecule is CCCCCCCC(NC)C1=CCCCCC1. The van der Waals surface area contributed by atoms with Gasteiger partial charge in [0.1, 0.15) is 0 Å². The number of unbranched alkanes of at least 4 members (excludes halogenated alkanes) is 4. The Morgan fingerprint density at radius 2 is 1.94 bits per heavy atom. The van der Waals surface area contributed by atoms with Crippen LogP contribution in [0.15, 0.2) is 11.6 Å². The Kier molecular flexibility index (Phi) is 8.42. The third-order valence-corrected chi connectivity index (χ3v) is 3.97. The summed E-state index contributed by atoms with van der Waals surface area (Å²) in [6, 6.07) is 0.662. The van der Waals surface area contributed by atoms with Crippen molar-refractivity contribution in [3.05, 3.63) is 11.6 Å². The Morgan fingerprint density at radius 1 is 1.12 bits per heavy atom. The highest BCUT2D eigenvalue weighted by Crippen LogP contribution is 2.22. The van der Waals surface area contributed by atoms with E-state index in [1.807, 2.05) is 0 Å². The van der Waals surface area contributed by atoms with Crippen molar-refractivity contribution >= 4 is 0 Å². The molecule has 0 aliphatic heterocycles. The smallest absolute Gasteiger partial charge is 0.0276 e. The lowest BCUT2D eigenvalue weighted by Crippen LogP contribution is -2.27. The summed E-state index contributed by atoms with van der Waals surface area (Å²) in [5.74, 6) is 0. The first kappa shape index (κ1) is 14.8. The highest BCUT2D eigenvalue weighted by atomic mass is 14.9. The molecule has 0 aromatic heterocycles. The van der Waals surface area contributed by atoms with Crippen LogP contribution in [0.4, 0.5) is 0 Å². The average Bonchev–Trinajstić information content (AvgIpc) is 2.63. The van der Waals surface area contributed by atoms with Crippen LogP contribution < -0.4 is 5.32 Å². The van der Waals surface area contributed by atoms with E-state index in [4.69, 9.17) is 0 Å². The van der Waals surface area contributed by atoms with Gasteiger partial charge in [0.25, 0.3) is 0 Å². The number of hydrogen-bond acceptors (Lipinski definition) is 1. The molecule has 0 spiro atoms. The molecular weight excluding hydrogens is 206 g/mol. The molecule has 1 atom stereocenters. The summed E-state index contributed by atoms with van der Waals surface area (Å²) in [5.41, 5.74) is 1.69. The van der Waals surface area contributed by atoms with Gasteiger partial charge in [-0.1, -0.05) is 57.1 Å². The molecule has 0 aromatic rings. The number of likely N-dealkylation sites (N-methyl/N-ethyl adjacent to an activating group) is 1. The molecule has 0 fully saturated rings. The predicted molar refractivity (Wildman–Crippen MR) is 77.4 cm³/mol. The van der Waals surface area contributed by atoms with Crippen LogP contribution in [0.3, 0.4) is 0 Å². The molecule has 1 unspecified atom stereocenters. The van der Waals surface area contributed by atoms with Crippen molar-refractivity contribution in [1.29, 1.82) is 0 Å². The first-order valence-electron chi connectivity index (χ1n) is 7.74. The first-order valence-corrected chi connectivity index (χ1v) is 7.74. The Balaban J connectivity index is 2.24. The standard InChI is InChI=1S/C16H31N/c1-3-4-5-6-11-14-16(17-2)15-12-9-7-8-10-13-15/h12,16-17H,3-11,13-14H2,1-2H3. The van der Waals surface area contributed by atoms with Crippen molar-refractivity contribution < 1.29 is 0 Å². The lowest BCUT2D eigenvalue weighted by Gasteiger charge is -2.19. The Labute approximate surface area is 108 Å². The van der Waals surface area contributed by atoms with Crippen LogP contribution in [0, 0.1) is 0 Å². The van der Waals surface area contributed by atoms with Crippen LogP contribution in [0.25, 0.3) is 0 Å². The highest BCUT2D eigenvalue weighted by molar-refractivity contribution is 5.11. The van der Waals surface area contributed by atoms with Gasteiger partial charge in [-0.3, -0.25) is 0 Å². The zero-order chi connectivity index (χ0) is 12.3. The molecule has 0 aromatic carbocycles. The Bertz CT molecular complexity index is 208. The molecule has 0 heterocycles. The lowest BCUT2D eigenvalue weighted by atomic mass is 9.96. The normalized spacial score (nSPS) is 18.6. The summed E-state index contributed by atoms with van der Waals surface area (Å²) in [6.45, 7) is 2.28. The van der Waals surface area contributed by atoms with Crippen molar-refractivity contribution in [2.75, 3.05) is 7.05 Å². The van der Waals surface area contributed by atoms with Crippen molar-refractivity contribution in [1.82, 2.24) is 5.32 Å². The van der Waals surface area contributed by atoms with E-state index in [1.165, 1.54) is 70.6 Å². The second-order valence-electron chi connectivity index (χ2n) is 5.42. The van der Waals surface area contributed by atoms with Gasteiger partial charge in [-0.15, -0.1) is 0 Å². The third kappa shape index (κ3) is 6.26. The highest BCUT2D eigenvalue weighted by Gasteiger charge is 2.13. The molecule has 1 rings (SSSR count). The van der Waals surface area contributed by atoms with Gasteiger partial charge in [-0.2, -0.15) is 0 Å². The van der Waals surface area contributed by atoms with E-state index in [2.05, 4.69) is 25.4 Å². The average molecular weight is 237 g/mol. The number of allylic oxidation sites excluding steroid dienone is 1. The van der Waals surface area contributed by atoms with Crippen LogP contribution in [0.5, 0.6) is 0 Å². The molecule has 1 heteroatoms. The summed E-state index contributed by atoms with van der Waals surface area (Å²) in [5, 5.41) is 3.52. The molecular formula is C16H31N. The fourth-order valence-corrected chi connectivity index (χ4v) is 2.82. The molecule has 1 nitrogen and oxygen atoms in total. The summed E-state index contributed by atoms with van der Waals surface area (Å²) < 4.78 is 0. The van der Waals surface area contributed by atoms with E-state index in [1.54, 1.807) is 5.57 Å². The number of hydrogen-bond donors (Lipinski definition) is 1. The van der Waals surface area contributed by atoms with Gasteiger partial charge in [0.05, 0.1) is 0 Å². The van der Waals surface area contributed by atoms with Gasteiger partial charge in [0.2, 0.25) is 0 Å². The van der Waals surface area contributed by atoms with Crippen LogP contribution in [0.1, 0.15) is 77.6 Å². The second kappa shape index (κ2) is 9.70. The summed E-state index contributed by atoms with van der Waals surface area (Å²) >= 11 is 0. The van der Waals surface area contributed by atoms with Gasteiger partial charge in [0, 0.05) is 6.04 Å². The van der Waals surface area contributed by atoms with Crippen molar-refractivity contribution in [3.8, 4) is 0 Å². The van der Waals surface area contributed by atoms with Crippen LogP contribution >= 0.6 is 0 Å². The van der Waals surface area contributed by atoms with E-state index >= 15 is 0 Å². The van der Waals surface area contributed by atoms with E-state index in [0.717, 1.165) is 0 Å². The molecule has 1 aliphatic rings. The molecule has 0 amide bonds. The second-order valence-corrected chi connectivity index (χ2v) is 5.42. The molecule has 0 saturated heterocycles. The number of rotatable bonds is 8. The van der Waals surface area contributed by atoms with Gasteiger partial charge in [-0.05, 0) is 39.2 Å². The maximum atomic E-state index is 3.52. The topological polar surface area (TPSA) is 12.0 Å². The summed E-state index contributed by atoms with van der Waals surface area (Å²) in [7, 11) is 2.13. The lowest BCUT2D eigenvalue weighted by molar-refractivity contribution is 0.514. The zero-order valence-electron chi connectivity index (χ0n) is 11.9. The minimum absolute atomic E-state index is 0.662. The van der Waals surface area contributed by atoms with Crippen molar-refractivity contribution in [3.63, 3.8) is 0 Å². The maximum Gasteiger partial charge on any atom is 0.0276 e. The predicted octanol–water partition coefficient (Wildman–Crippen LogP) is 4.83. The quantitative estimate of drug-likeness (QED) is 0.471. The van der Waals surface area contributed by atoms with Gasteiger partial charge in [-0.25, -0.2) is 0 Å². The minimum Gasteiger partial charge on any atom is -0.313 e. The van der Waals surface area contributed by atoms with Crippen molar-refractivity contribution in [2.45, 2.75) is 83.6 Å². The van der Waals surface area contributed by atoms with Gasteiger partial charge >= 0.3 is 0 Å². The van der Waals surface area contributed by atoms with Crippen LogP contribution in [-0.2, 0) is 0 Å². The van der Waals surface area contributed by atoms with E-state index in [0.29, 0.717) is 6.04 Å².